The van der Waals surface area contributed by atoms with E-state index in [4.69, 9.17) is 11.6 Å². The lowest BCUT2D eigenvalue weighted by molar-refractivity contribution is 0.979. The molecule has 2 aromatic carbocycles. The standard InChI is InChI=1S/C16H14BrClN2/c1-10-3-6-15-14(7-10)19-16(9-18)20(15)12-4-5-13(17)11(2)8-12/h3-8H,9H2,1-2H3. The molecule has 102 valence electrons. The maximum atomic E-state index is 6.07. The minimum atomic E-state index is 0.392. The van der Waals surface area contributed by atoms with E-state index in [0.29, 0.717) is 5.88 Å². The zero-order chi connectivity index (χ0) is 14.3. The molecule has 0 fully saturated rings. The average Bonchev–Trinajstić information content (AvgIpc) is 2.79. The van der Waals surface area contributed by atoms with Crippen LogP contribution in [0.15, 0.2) is 40.9 Å². The Kier molecular flexibility index (Phi) is 3.57. The Bertz CT molecular complexity index is 793. The fourth-order valence-electron chi connectivity index (χ4n) is 2.39. The third kappa shape index (κ3) is 2.25. The van der Waals surface area contributed by atoms with Gasteiger partial charge in [-0.2, -0.15) is 0 Å². The number of imidazole rings is 1. The number of nitrogens with zero attached hydrogens (tertiary/aromatic N) is 2. The lowest BCUT2D eigenvalue weighted by Gasteiger charge is -2.09. The molecule has 3 aromatic rings. The van der Waals surface area contributed by atoms with Gasteiger partial charge in [0.1, 0.15) is 5.82 Å². The molecule has 20 heavy (non-hydrogen) atoms. The first kappa shape index (κ1) is 13.7. The number of benzene rings is 2. The average molecular weight is 350 g/mol. The minimum absolute atomic E-state index is 0.392. The molecule has 0 aliphatic heterocycles. The van der Waals surface area contributed by atoms with Crippen LogP contribution in [0.25, 0.3) is 16.7 Å². The smallest absolute Gasteiger partial charge is 0.129 e. The van der Waals surface area contributed by atoms with Crippen LogP contribution in [-0.4, -0.2) is 9.55 Å². The summed E-state index contributed by atoms with van der Waals surface area (Å²) < 4.78 is 3.23. The van der Waals surface area contributed by atoms with Gasteiger partial charge >= 0.3 is 0 Å². The summed E-state index contributed by atoms with van der Waals surface area (Å²) in [6.45, 7) is 4.15. The number of alkyl halides is 1. The molecule has 0 saturated carbocycles. The van der Waals surface area contributed by atoms with Crippen molar-refractivity contribution in [1.29, 1.82) is 0 Å². The second-order valence-corrected chi connectivity index (χ2v) is 6.04. The van der Waals surface area contributed by atoms with Crippen molar-refractivity contribution in [1.82, 2.24) is 9.55 Å². The van der Waals surface area contributed by atoms with E-state index in [1.54, 1.807) is 0 Å². The van der Waals surface area contributed by atoms with Gasteiger partial charge in [-0.3, -0.25) is 4.57 Å². The number of aromatic nitrogens is 2. The number of rotatable bonds is 2. The van der Waals surface area contributed by atoms with Crippen LogP contribution < -0.4 is 0 Å². The van der Waals surface area contributed by atoms with Crippen LogP contribution in [0, 0.1) is 13.8 Å². The minimum Gasteiger partial charge on any atom is -0.295 e. The van der Waals surface area contributed by atoms with E-state index in [9.17, 15) is 0 Å². The lowest BCUT2D eigenvalue weighted by Crippen LogP contribution is -1.99. The molecule has 4 heteroatoms. The molecule has 0 aliphatic carbocycles. The number of hydrogen-bond donors (Lipinski definition) is 0. The van der Waals surface area contributed by atoms with E-state index < -0.39 is 0 Å². The quantitative estimate of drug-likeness (QED) is 0.585. The second kappa shape index (κ2) is 5.23. The summed E-state index contributed by atoms with van der Waals surface area (Å²) in [5.74, 6) is 1.26. The molecule has 0 amide bonds. The number of hydrogen-bond acceptors (Lipinski definition) is 1. The molecule has 1 heterocycles. The van der Waals surface area contributed by atoms with E-state index in [0.717, 1.165) is 27.0 Å². The van der Waals surface area contributed by atoms with Crippen LogP contribution in [0.3, 0.4) is 0 Å². The molecule has 0 saturated heterocycles. The first-order chi connectivity index (χ1) is 9.60. The SMILES string of the molecule is Cc1ccc2c(c1)nc(CCl)n2-c1ccc(Br)c(C)c1. The van der Waals surface area contributed by atoms with Gasteiger partial charge in [0.2, 0.25) is 0 Å². The molecule has 3 rings (SSSR count). The highest BCUT2D eigenvalue weighted by molar-refractivity contribution is 9.10. The summed E-state index contributed by atoms with van der Waals surface area (Å²) in [5, 5.41) is 0. The van der Waals surface area contributed by atoms with E-state index in [2.05, 4.69) is 75.7 Å². The van der Waals surface area contributed by atoms with E-state index in [1.165, 1.54) is 11.1 Å². The van der Waals surface area contributed by atoms with Crippen LogP contribution in [0.2, 0.25) is 0 Å². The van der Waals surface area contributed by atoms with Crippen molar-refractivity contribution >= 4 is 38.6 Å². The van der Waals surface area contributed by atoms with Crippen LogP contribution in [0.4, 0.5) is 0 Å². The molecule has 0 spiro atoms. The molecule has 0 unspecified atom stereocenters. The first-order valence-electron chi connectivity index (χ1n) is 6.40. The number of aryl methyl sites for hydroxylation is 2. The molecule has 1 aromatic heterocycles. The molecule has 0 N–H and O–H groups in total. The maximum Gasteiger partial charge on any atom is 0.129 e. The van der Waals surface area contributed by atoms with Crippen molar-refractivity contribution in [3.63, 3.8) is 0 Å². The zero-order valence-electron chi connectivity index (χ0n) is 11.3. The van der Waals surface area contributed by atoms with Gasteiger partial charge in [0.25, 0.3) is 0 Å². The Morgan fingerprint density at radius 1 is 1.15 bits per heavy atom. The Morgan fingerprint density at radius 2 is 1.95 bits per heavy atom. The second-order valence-electron chi connectivity index (χ2n) is 4.92. The van der Waals surface area contributed by atoms with Gasteiger partial charge in [0.05, 0.1) is 16.9 Å². The Labute approximate surface area is 131 Å². The summed E-state index contributed by atoms with van der Waals surface area (Å²) in [6, 6.07) is 12.6. The van der Waals surface area contributed by atoms with Crippen molar-refractivity contribution in [3.05, 3.63) is 57.8 Å². The van der Waals surface area contributed by atoms with Crippen LogP contribution >= 0.6 is 27.5 Å². The lowest BCUT2D eigenvalue weighted by atomic mass is 10.2. The number of fused-ring (bicyclic) bond motifs is 1. The first-order valence-corrected chi connectivity index (χ1v) is 7.73. The summed E-state index contributed by atoms with van der Waals surface area (Å²) in [4.78, 5) is 4.64. The fourth-order valence-corrected chi connectivity index (χ4v) is 2.81. The molecule has 0 bridgehead atoms. The van der Waals surface area contributed by atoms with Gasteiger partial charge in [0, 0.05) is 10.2 Å². The van der Waals surface area contributed by atoms with Gasteiger partial charge in [-0.15, -0.1) is 11.6 Å². The largest absolute Gasteiger partial charge is 0.295 e. The van der Waals surface area contributed by atoms with E-state index in [-0.39, 0.29) is 0 Å². The van der Waals surface area contributed by atoms with Crippen LogP contribution in [0.5, 0.6) is 0 Å². The Balaban J connectivity index is 2.30. The van der Waals surface area contributed by atoms with Gasteiger partial charge in [-0.1, -0.05) is 22.0 Å². The van der Waals surface area contributed by atoms with Crippen molar-refractivity contribution < 1.29 is 0 Å². The molecular formula is C16H14BrClN2. The normalized spacial score (nSPS) is 11.2. The monoisotopic (exact) mass is 348 g/mol. The fraction of sp³-hybridized carbons (Fsp3) is 0.188. The van der Waals surface area contributed by atoms with Crippen molar-refractivity contribution in [2.45, 2.75) is 19.7 Å². The van der Waals surface area contributed by atoms with Gasteiger partial charge in [-0.25, -0.2) is 4.98 Å². The molecule has 0 aliphatic rings. The third-order valence-corrected chi connectivity index (χ3v) is 4.53. The predicted molar refractivity (Wildman–Crippen MR) is 87.8 cm³/mol. The zero-order valence-corrected chi connectivity index (χ0v) is 13.7. The highest BCUT2D eigenvalue weighted by Crippen LogP contribution is 2.26. The third-order valence-electron chi connectivity index (χ3n) is 3.40. The van der Waals surface area contributed by atoms with Crippen LogP contribution in [0.1, 0.15) is 17.0 Å². The summed E-state index contributed by atoms with van der Waals surface area (Å²) >= 11 is 9.61. The Hall–Kier alpha value is -1.32. The molecule has 0 atom stereocenters. The van der Waals surface area contributed by atoms with Crippen molar-refractivity contribution in [3.8, 4) is 5.69 Å². The topological polar surface area (TPSA) is 17.8 Å². The summed E-state index contributed by atoms with van der Waals surface area (Å²) in [6.07, 6.45) is 0. The highest BCUT2D eigenvalue weighted by Gasteiger charge is 2.12. The maximum absolute atomic E-state index is 6.07. The summed E-state index contributed by atoms with van der Waals surface area (Å²) in [5.41, 5.74) is 5.56. The highest BCUT2D eigenvalue weighted by atomic mass is 79.9. The molecule has 0 radical (unpaired) electrons. The Morgan fingerprint density at radius 3 is 2.65 bits per heavy atom. The van der Waals surface area contributed by atoms with Gasteiger partial charge in [0.15, 0.2) is 0 Å². The summed E-state index contributed by atoms with van der Waals surface area (Å²) in [7, 11) is 0. The number of halogens is 2. The van der Waals surface area contributed by atoms with Crippen LogP contribution in [-0.2, 0) is 5.88 Å². The van der Waals surface area contributed by atoms with E-state index in [1.807, 2.05) is 0 Å². The van der Waals surface area contributed by atoms with Crippen molar-refractivity contribution in [2.75, 3.05) is 0 Å². The molecule has 2 nitrogen and oxygen atoms in total. The van der Waals surface area contributed by atoms with Gasteiger partial charge < -0.3 is 0 Å². The van der Waals surface area contributed by atoms with Gasteiger partial charge in [-0.05, 0) is 55.3 Å². The van der Waals surface area contributed by atoms with Crippen molar-refractivity contribution in [2.24, 2.45) is 0 Å². The van der Waals surface area contributed by atoms with E-state index >= 15 is 0 Å². The molecular weight excluding hydrogens is 336 g/mol. The predicted octanol–water partition coefficient (Wildman–Crippen LogP) is 5.14.